The number of aromatic nitrogens is 4. The van der Waals surface area contributed by atoms with E-state index in [0.717, 1.165) is 0 Å². The van der Waals surface area contributed by atoms with E-state index in [0.29, 0.717) is 30.3 Å². The minimum atomic E-state index is -0.0348. The van der Waals surface area contributed by atoms with Crippen LogP contribution in [0, 0.1) is 0 Å². The van der Waals surface area contributed by atoms with Gasteiger partial charge in [0, 0.05) is 30.1 Å². The predicted molar refractivity (Wildman–Crippen MR) is 164 cm³/mol. The Morgan fingerprint density at radius 3 is 1.54 bits per heavy atom. The Bertz CT molecular complexity index is 1250. The van der Waals surface area contributed by atoms with Gasteiger partial charge in [0.2, 0.25) is 0 Å². The van der Waals surface area contributed by atoms with Gasteiger partial charge in [0.25, 0.3) is 0 Å². The van der Waals surface area contributed by atoms with Gasteiger partial charge in [-0.05, 0) is 70.9 Å². The largest absolute Gasteiger partial charge is 0.357 e. The number of ether oxygens (including phenoxy) is 1. The van der Waals surface area contributed by atoms with E-state index in [1.165, 1.54) is 44.5 Å². The summed E-state index contributed by atoms with van der Waals surface area (Å²) in [6.07, 6.45) is 7.92. The molecule has 0 saturated heterocycles. The fourth-order valence-electron chi connectivity index (χ4n) is 5.14. The second-order valence-electron chi connectivity index (χ2n) is 11.5. The number of hydrogen-bond donors (Lipinski definition) is 1. The van der Waals surface area contributed by atoms with Crippen LogP contribution in [0.2, 0.25) is 0 Å². The normalized spacial score (nSPS) is 12.4. The van der Waals surface area contributed by atoms with Gasteiger partial charge in [-0.3, -0.25) is 5.10 Å². The fraction of sp³-hybridized carbons (Fsp3) is 0.471. The fourth-order valence-corrected chi connectivity index (χ4v) is 5.14. The average molecular weight is 529 g/mol. The van der Waals surface area contributed by atoms with Crippen molar-refractivity contribution in [3.63, 3.8) is 0 Å². The monoisotopic (exact) mass is 528 g/mol. The molecule has 2 heterocycles. The topological polar surface area (TPSA) is 55.7 Å². The third-order valence-corrected chi connectivity index (χ3v) is 7.20. The van der Waals surface area contributed by atoms with Crippen molar-refractivity contribution in [3.8, 4) is 22.3 Å². The molecule has 2 aromatic carbocycles. The van der Waals surface area contributed by atoms with Crippen molar-refractivity contribution >= 4 is 0 Å². The first-order chi connectivity index (χ1) is 18.6. The van der Waals surface area contributed by atoms with E-state index >= 15 is 0 Å². The third kappa shape index (κ3) is 7.27. The number of nitrogens with one attached hydrogen (secondary N) is 1. The van der Waals surface area contributed by atoms with Crippen molar-refractivity contribution in [3.05, 3.63) is 83.4 Å². The Morgan fingerprint density at radius 2 is 1.15 bits per heavy atom. The summed E-state index contributed by atoms with van der Waals surface area (Å²) >= 11 is 0. The number of rotatable bonds is 9. The van der Waals surface area contributed by atoms with E-state index < -0.39 is 0 Å². The van der Waals surface area contributed by atoms with E-state index in [2.05, 4.69) is 113 Å². The minimum Gasteiger partial charge on any atom is -0.357 e. The van der Waals surface area contributed by atoms with Crippen LogP contribution in [0.5, 0.6) is 0 Å². The molecule has 0 aliphatic heterocycles. The molecule has 0 aliphatic rings. The molecule has 5 heteroatoms. The van der Waals surface area contributed by atoms with Crippen molar-refractivity contribution < 1.29 is 4.74 Å². The van der Waals surface area contributed by atoms with Gasteiger partial charge in [-0.25, -0.2) is 4.68 Å². The first kappa shape index (κ1) is 30.4. The van der Waals surface area contributed by atoms with Crippen molar-refractivity contribution in [1.82, 2.24) is 20.0 Å². The molecule has 0 spiro atoms. The standard InChI is InChI=1S/C19H28N2O.C15H20N2/c1-7-22-15(6)21-12-16(11-20-21)19-17(13(2)3)9-8-10-18(19)14(4)5;1-10(2)13-6-5-7-14(11(3)4)15(13)12-8-16-17-9-12/h8-15H,7H2,1-6H3;5-11H,1-4H3,(H,16,17). The zero-order chi connectivity index (χ0) is 28.7. The highest BCUT2D eigenvalue weighted by atomic mass is 16.5. The summed E-state index contributed by atoms with van der Waals surface area (Å²) < 4.78 is 7.54. The van der Waals surface area contributed by atoms with Crippen LogP contribution in [-0.2, 0) is 4.74 Å². The Kier molecular flexibility index (Phi) is 10.7. The maximum absolute atomic E-state index is 5.63. The molecule has 0 bridgehead atoms. The molecule has 0 amide bonds. The van der Waals surface area contributed by atoms with Gasteiger partial charge in [0.15, 0.2) is 0 Å². The van der Waals surface area contributed by atoms with Crippen LogP contribution >= 0.6 is 0 Å². The highest BCUT2D eigenvalue weighted by molar-refractivity contribution is 5.72. The quantitative estimate of drug-likeness (QED) is 0.235. The molecule has 0 radical (unpaired) electrons. The van der Waals surface area contributed by atoms with Crippen molar-refractivity contribution in [2.75, 3.05) is 6.61 Å². The third-order valence-electron chi connectivity index (χ3n) is 7.20. The van der Waals surface area contributed by atoms with Gasteiger partial charge in [-0.2, -0.15) is 10.2 Å². The van der Waals surface area contributed by atoms with Gasteiger partial charge < -0.3 is 4.74 Å². The molecule has 1 N–H and O–H groups in total. The van der Waals surface area contributed by atoms with Gasteiger partial charge >= 0.3 is 0 Å². The maximum Gasteiger partial charge on any atom is 0.147 e. The summed E-state index contributed by atoms with van der Waals surface area (Å²) in [7, 11) is 0. The molecule has 4 rings (SSSR count). The summed E-state index contributed by atoms with van der Waals surface area (Å²) in [5.41, 5.74) is 10.6. The lowest BCUT2D eigenvalue weighted by Gasteiger charge is -2.18. The smallest absolute Gasteiger partial charge is 0.147 e. The SMILES string of the molecule is CC(C)c1cccc(C(C)C)c1-c1cn[nH]c1.CCOC(C)n1cc(-c2c(C(C)C)cccc2C(C)C)cn1. The second-order valence-corrected chi connectivity index (χ2v) is 11.5. The van der Waals surface area contributed by atoms with Gasteiger partial charge in [-0.15, -0.1) is 0 Å². The van der Waals surface area contributed by atoms with Crippen molar-refractivity contribution in [2.45, 2.75) is 99.1 Å². The lowest BCUT2D eigenvalue weighted by atomic mass is 9.86. The van der Waals surface area contributed by atoms with Crippen molar-refractivity contribution in [2.24, 2.45) is 0 Å². The molecular weight excluding hydrogens is 480 g/mol. The number of H-pyrrole nitrogens is 1. The van der Waals surface area contributed by atoms with Gasteiger partial charge in [-0.1, -0.05) is 91.8 Å². The average Bonchev–Trinajstić information content (AvgIpc) is 3.61. The molecule has 210 valence electrons. The Labute approximate surface area is 236 Å². The Morgan fingerprint density at radius 1 is 0.692 bits per heavy atom. The van der Waals surface area contributed by atoms with E-state index in [1.807, 2.05) is 37.1 Å². The van der Waals surface area contributed by atoms with Crippen LogP contribution in [0.25, 0.3) is 22.3 Å². The highest BCUT2D eigenvalue weighted by Crippen LogP contribution is 2.37. The molecule has 2 aromatic heterocycles. The Hall–Kier alpha value is -3.18. The van der Waals surface area contributed by atoms with E-state index in [1.54, 1.807) is 0 Å². The van der Waals surface area contributed by atoms with Crippen LogP contribution < -0.4 is 0 Å². The highest BCUT2D eigenvalue weighted by Gasteiger charge is 2.18. The molecule has 39 heavy (non-hydrogen) atoms. The summed E-state index contributed by atoms with van der Waals surface area (Å²) in [6.45, 7) is 22.7. The zero-order valence-corrected chi connectivity index (χ0v) is 25.6. The maximum atomic E-state index is 5.63. The lowest BCUT2D eigenvalue weighted by molar-refractivity contribution is 0.0160. The number of hydrogen-bond acceptors (Lipinski definition) is 3. The summed E-state index contributed by atoms with van der Waals surface area (Å²) in [5.74, 6) is 2.03. The summed E-state index contributed by atoms with van der Waals surface area (Å²) in [6, 6.07) is 13.2. The first-order valence-electron chi connectivity index (χ1n) is 14.5. The molecule has 5 nitrogen and oxygen atoms in total. The summed E-state index contributed by atoms with van der Waals surface area (Å²) in [4.78, 5) is 0. The molecule has 1 unspecified atom stereocenters. The van der Waals surface area contributed by atoms with Crippen molar-refractivity contribution in [1.29, 1.82) is 0 Å². The molecule has 4 aromatic rings. The number of benzene rings is 2. The molecule has 0 saturated carbocycles. The van der Waals surface area contributed by atoms with E-state index in [9.17, 15) is 0 Å². The Balaban J connectivity index is 0.000000223. The number of nitrogens with zero attached hydrogens (tertiary/aromatic N) is 3. The molecular formula is C34H48N4O. The van der Waals surface area contributed by atoms with Crippen LogP contribution in [0.3, 0.4) is 0 Å². The lowest BCUT2D eigenvalue weighted by Crippen LogP contribution is -2.09. The predicted octanol–water partition coefficient (Wildman–Crippen LogP) is 9.68. The molecule has 0 fully saturated rings. The minimum absolute atomic E-state index is 0.0348. The van der Waals surface area contributed by atoms with E-state index in [-0.39, 0.29) is 6.23 Å². The second kappa shape index (κ2) is 13.7. The summed E-state index contributed by atoms with van der Waals surface area (Å²) in [5, 5.41) is 11.5. The van der Waals surface area contributed by atoms with Gasteiger partial charge in [0.05, 0.1) is 12.4 Å². The van der Waals surface area contributed by atoms with E-state index in [4.69, 9.17) is 4.74 Å². The zero-order valence-electron chi connectivity index (χ0n) is 25.6. The molecule has 1 atom stereocenters. The van der Waals surface area contributed by atoms with Crippen LogP contribution in [-0.4, -0.2) is 26.6 Å². The van der Waals surface area contributed by atoms with Gasteiger partial charge in [0.1, 0.15) is 6.23 Å². The van der Waals surface area contributed by atoms with Crippen LogP contribution in [0.4, 0.5) is 0 Å². The van der Waals surface area contributed by atoms with Crippen LogP contribution in [0.15, 0.2) is 61.2 Å². The molecule has 0 aliphatic carbocycles. The van der Waals surface area contributed by atoms with Crippen LogP contribution in [0.1, 0.15) is 121 Å². The first-order valence-corrected chi connectivity index (χ1v) is 14.5. The number of aromatic amines is 1.